The molecule has 72 heavy (non-hydrogen) atoms. The molecule has 0 radical (unpaired) electrons. The second-order valence-electron chi connectivity index (χ2n) is 14.3. The number of aliphatic carboxylic acids is 2. The monoisotopic (exact) mass is 1130 g/mol. The zero-order chi connectivity index (χ0) is 53.1. The van der Waals surface area contributed by atoms with Gasteiger partial charge in [-0.05, 0) is 0 Å². The molecule has 2 amide bonds. The maximum atomic E-state index is 13.1. The smallest absolute Gasteiger partial charge is 0.217 e. The van der Waals surface area contributed by atoms with Gasteiger partial charge >= 0.3 is 0 Å². The first-order valence-corrected chi connectivity index (χ1v) is 22.4. The Morgan fingerprint density at radius 2 is 0.931 bits per heavy atom. The summed E-state index contributed by atoms with van der Waals surface area (Å²) in [6.07, 6.45) is -37.1. The minimum atomic E-state index is -2.59. The van der Waals surface area contributed by atoms with Crippen molar-refractivity contribution in [3.8, 4) is 0 Å². The van der Waals surface area contributed by atoms with Gasteiger partial charge in [-0.3, -0.25) is 46.5 Å². The molecule has 4 heterocycles. The van der Waals surface area contributed by atoms with E-state index in [9.17, 15) is 76.0 Å². The Morgan fingerprint density at radius 1 is 0.542 bits per heavy atom. The van der Waals surface area contributed by atoms with E-state index in [4.69, 9.17) is 54.6 Å². The molecule has 4 fully saturated rings. The van der Waals surface area contributed by atoms with Gasteiger partial charge in [0, 0.05) is 13.8 Å². The number of amides is 2. The van der Waals surface area contributed by atoms with E-state index < -0.39 is 160 Å². The molecule has 0 aliphatic carbocycles. The Morgan fingerprint density at radius 3 is 1.35 bits per heavy atom. The van der Waals surface area contributed by atoms with Crippen LogP contribution in [0.25, 0.3) is 0 Å². The molecule has 0 aromatic carbocycles. The maximum absolute atomic E-state index is 13.1. The number of hydrogen-bond acceptors (Lipinski definition) is 39. The molecule has 4 saturated heterocycles. The third-order valence-corrected chi connectivity index (χ3v) is 11.6. The average molecular weight is 1130 g/mol. The van der Waals surface area contributed by atoms with Crippen LogP contribution in [0.3, 0.4) is 0 Å². The summed E-state index contributed by atoms with van der Waals surface area (Å²) in [5.74, 6) is -6.17. The molecule has 20 atom stereocenters. The highest BCUT2D eigenvalue weighted by Gasteiger charge is 2.59. The molecular weight excluding hydrogens is 1090 g/mol. The van der Waals surface area contributed by atoms with Crippen molar-refractivity contribution in [2.45, 2.75) is 137 Å². The Hall–Kier alpha value is -2.14. The topological polar surface area (TPSA) is 516 Å². The van der Waals surface area contributed by atoms with E-state index in [1.165, 1.54) is 6.08 Å². The van der Waals surface area contributed by atoms with Crippen molar-refractivity contribution in [3.63, 3.8) is 0 Å². The largest absolute Gasteiger partial charge is 0.691 e. The lowest BCUT2D eigenvalue weighted by atomic mass is 9.94. The molecular formula is C31H42N2O35S4-6. The fraction of sp³-hybridized carbons (Fsp3) is 0.806. The van der Waals surface area contributed by atoms with Gasteiger partial charge in [0.1, 0.15) is 85.3 Å². The van der Waals surface area contributed by atoms with Crippen LogP contribution < -0.4 is 41.9 Å². The van der Waals surface area contributed by atoms with E-state index in [0.29, 0.717) is 0 Å². The Labute approximate surface area is 419 Å². The number of carbonyl (C=O) groups is 4. The average Bonchev–Trinajstić information content (AvgIpc) is 3.33. The van der Waals surface area contributed by atoms with Crippen LogP contribution >= 0.6 is 49.3 Å². The van der Waals surface area contributed by atoms with Crippen molar-refractivity contribution in [2.75, 3.05) is 19.8 Å². The van der Waals surface area contributed by atoms with E-state index >= 15 is 0 Å². The fourth-order valence-corrected chi connectivity index (χ4v) is 8.65. The van der Waals surface area contributed by atoms with Crippen molar-refractivity contribution in [3.05, 3.63) is 12.7 Å². The Kier molecular flexibility index (Phi) is 27.6. The zero-order valence-corrected chi connectivity index (χ0v) is 39.3. The highest BCUT2D eigenvalue weighted by atomic mass is 32.2. The summed E-state index contributed by atoms with van der Waals surface area (Å²) in [5.41, 5.74) is 0. The standard InChI is InChI=1S/C31H48N2O35S4/c1-4-5-49-28-12(32-8(2)36)17(14(38)10(6-34)50-28)52-31-25(60-72-68-64-48)22(58-70-66-62-46)21(23(56-31)27(43)44)55-29-13(33-9(3)37)18(15(39)11(7-35)51-29)53-30-24(59-71-67-63-47)19(57-69-65-61-45)16(40)20(54-30)26(41)42/h4,10-25,28-31,34-35,38-40,45-48H,1,5-7H2,2-3H3,(H,32,36)(H,33,37)(H,41,42)(H,43,44)/p-6. The lowest BCUT2D eigenvalue weighted by molar-refractivity contribution is -0.778. The summed E-state index contributed by atoms with van der Waals surface area (Å²) >= 11 is -1.26. The Bertz CT molecular complexity index is 1670. The van der Waals surface area contributed by atoms with Crippen molar-refractivity contribution in [1.29, 1.82) is 0 Å². The van der Waals surface area contributed by atoms with Crippen LogP contribution in [0.4, 0.5) is 0 Å². The number of hydrogen-bond donors (Lipinski definition) is 7. The van der Waals surface area contributed by atoms with E-state index in [1.54, 1.807) is 0 Å². The molecule has 416 valence electrons. The minimum absolute atomic E-state index is 0.250. The molecule has 37 nitrogen and oxygen atoms in total. The van der Waals surface area contributed by atoms with Gasteiger partial charge < -0.3 is 115 Å². The first-order chi connectivity index (χ1) is 34.5. The molecule has 41 heteroatoms. The van der Waals surface area contributed by atoms with Crippen LogP contribution in [-0.2, 0) is 111 Å². The number of aliphatic hydroxyl groups is 5. The molecule has 4 aliphatic heterocycles. The number of carbonyl (C=O) groups excluding carboxylic acids is 4. The fourth-order valence-electron chi connectivity index (χ4n) is 7.22. The van der Waals surface area contributed by atoms with Crippen molar-refractivity contribution in [1.82, 2.24) is 10.6 Å². The molecule has 4 rings (SSSR count). The van der Waals surface area contributed by atoms with Gasteiger partial charge in [0.05, 0.1) is 31.8 Å². The number of carboxylic acid groups (broad SMARTS) is 2. The first kappa shape index (κ1) is 62.4. The minimum Gasteiger partial charge on any atom is -0.691 e. The van der Waals surface area contributed by atoms with Crippen LogP contribution in [0.5, 0.6) is 0 Å². The molecule has 4 aliphatic rings. The first-order valence-electron chi connectivity index (χ1n) is 19.7. The highest BCUT2D eigenvalue weighted by Crippen LogP contribution is 2.40. The summed E-state index contributed by atoms with van der Waals surface area (Å²) in [6, 6.07) is -3.60. The van der Waals surface area contributed by atoms with Crippen molar-refractivity contribution >= 4 is 73.0 Å². The summed E-state index contributed by atoms with van der Waals surface area (Å²) in [7, 11) is 0. The van der Waals surface area contributed by atoms with E-state index in [0.717, 1.165) is 13.8 Å². The predicted octanol–water partition coefficient (Wildman–Crippen LogP) is -11.5. The van der Waals surface area contributed by atoms with Gasteiger partial charge in [0.25, 0.3) is 0 Å². The van der Waals surface area contributed by atoms with Crippen LogP contribution in [-0.4, -0.2) is 192 Å². The summed E-state index contributed by atoms with van der Waals surface area (Å²) < 4.78 is 83.8. The van der Waals surface area contributed by atoms with Gasteiger partial charge in [0.15, 0.2) is 86.7 Å². The molecule has 0 saturated carbocycles. The van der Waals surface area contributed by atoms with Gasteiger partial charge in [-0.25, -0.2) is 0 Å². The van der Waals surface area contributed by atoms with Crippen LogP contribution in [0.2, 0.25) is 0 Å². The van der Waals surface area contributed by atoms with E-state index in [-0.39, 0.29) is 55.9 Å². The van der Waals surface area contributed by atoms with Crippen LogP contribution in [0, 0.1) is 0 Å². The summed E-state index contributed by atoms with van der Waals surface area (Å²) in [5, 5.41) is 140. The van der Waals surface area contributed by atoms with Gasteiger partial charge in [-0.15, -0.1) is 23.9 Å². The zero-order valence-electron chi connectivity index (χ0n) is 36.1. The molecule has 7 N–H and O–H groups in total. The number of aliphatic hydroxyl groups excluding tert-OH is 5. The van der Waals surface area contributed by atoms with E-state index in [1.807, 2.05) is 0 Å². The summed E-state index contributed by atoms with van der Waals surface area (Å²) in [6.45, 7) is 3.07. The lowest BCUT2D eigenvalue weighted by Crippen LogP contribution is -2.71. The SMILES string of the molecule is C=CCOC1OC(CO)C(O)C(OC2OC(C(=O)[O-])C(OC3OC(CO)C(O)C(OC4OC(C(=O)[O-])C(O)C(OSOO[O-])C4OSOO[O-])C3NC(C)=O)C(OSOO[O-])C2OSOO[O-])C1NC(C)=O. The van der Waals surface area contributed by atoms with Crippen molar-refractivity contribution in [2.24, 2.45) is 0 Å². The normalized spacial score (nSPS) is 37.2. The molecule has 0 bridgehead atoms. The van der Waals surface area contributed by atoms with Crippen LogP contribution in [0.15, 0.2) is 12.7 Å². The molecule has 20 unspecified atom stereocenters. The number of ether oxygens (including phenoxy) is 8. The molecule has 0 spiro atoms. The quantitative estimate of drug-likeness (QED) is 0.0111. The van der Waals surface area contributed by atoms with Gasteiger partial charge in [-0.2, -0.15) is 0 Å². The number of carboxylic acids is 2. The molecule has 0 aromatic heterocycles. The van der Waals surface area contributed by atoms with Crippen molar-refractivity contribution < 1.29 is 168 Å². The second kappa shape index (κ2) is 31.8. The van der Waals surface area contributed by atoms with Gasteiger partial charge in [0.2, 0.25) is 11.8 Å². The maximum Gasteiger partial charge on any atom is 0.217 e. The number of rotatable bonds is 31. The number of nitrogens with one attached hydrogen (secondary N) is 2. The molecule has 0 aromatic rings. The lowest BCUT2D eigenvalue weighted by Gasteiger charge is -2.51. The van der Waals surface area contributed by atoms with E-state index in [2.05, 4.69) is 54.7 Å². The Balaban J connectivity index is 1.83. The third kappa shape index (κ3) is 16.9. The van der Waals surface area contributed by atoms with Crippen LogP contribution in [0.1, 0.15) is 13.8 Å². The summed E-state index contributed by atoms with van der Waals surface area (Å²) in [4.78, 5) is 50.5. The highest BCUT2D eigenvalue weighted by molar-refractivity contribution is 7.90. The van der Waals surface area contributed by atoms with Gasteiger partial charge in [-0.1, -0.05) is 6.08 Å². The second-order valence-corrected chi connectivity index (χ2v) is 16.2. The predicted molar refractivity (Wildman–Crippen MR) is 201 cm³/mol. The third-order valence-electron chi connectivity index (χ3n) is 10.0.